The van der Waals surface area contributed by atoms with E-state index in [1.54, 1.807) is 4.90 Å². The van der Waals surface area contributed by atoms with Gasteiger partial charge in [0, 0.05) is 45.8 Å². The Balaban J connectivity index is 1.32. The summed E-state index contributed by atoms with van der Waals surface area (Å²) in [5, 5.41) is 27.0. The molecule has 30 heavy (non-hydrogen) atoms. The number of carbonyl (C=O) groups is 1. The molecule has 4 aliphatic heterocycles. The van der Waals surface area contributed by atoms with Crippen LogP contribution in [-0.2, 0) is 9.47 Å². The van der Waals surface area contributed by atoms with Crippen molar-refractivity contribution in [3.05, 3.63) is 0 Å². The van der Waals surface area contributed by atoms with Gasteiger partial charge < -0.3 is 35.2 Å². The summed E-state index contributed by atoms with van der Waals surface area (Å²) in [6.07, 6.45) is 2.45. The van der Waals surface area contributed by atoms with Gasteiger partial charge in [-0.1, -0.05) is 0 Å². The molecular formula is C20H37N5O5. The number of amides is 2. The summed E-state index contributed by atoms with van der Waals surface area (Å²) in [6.45, 7) is 7.03. The second kappa shape index (κ2) is 10.5. The highest BCUT2D eigenvalue weighted by Crippen LogP contribution is 2.27. The molecule has 10 heteroatoms. The van der Waals surface area contributed by atoms with Crippen molar-refractivity contribution in [3.8, 4) is 0 Å². The third kappa shape index (κ3) is 5.07. The first kappa shape index (κ1) is 22.2. The molecule has 0 aliphatic carbocycles. The number of piperidine rings is 1. The van der Waals surface area contributed by atoms with Crippen LogP contribution in [0.25, 0.3) is 0 Å². The van der Waals surface area contributed by atoms with Crippen molar-refractivity contribution in [3.63, 3.8) is 0 Å². The lowest BCUT2D eigenvalue weighted by molar-refractivity contribution is -0.0211. The fraction of sp³-hybridized carbons (Fsp3) is 0.950. The van der Waals surface area contributed by atoms with Gasteiger partial charge in [-0.2, -0.15) is 0 Å². The number of hydrogen-bond donors (Lipinski definition) is 4. The van der Waals surface area contributed by atoms with Crippen LogP contribution < -0.4 is 10.6 Å². The van der Waals surface area contributed by atoms with Gasteiger partial charge in [-0.3, -0.25) is 9.80 Å². The van der Waals surface area contributed by atoms with Gasteiger partial charge in [-0.05, 0) is 25.8 Å². The Hall–Kier alpha value is -1.01. The first-order valence-corrected chi connectivity index (χ1v) is 11.4. The molecule has 10 nitrogen and oxygen atoms in total. The van der Waals surface area contributed by atoms with Crippen LogP contribution in [0.1, 0.15) is 19.3 Å². The van der Waals surface area contributed by atoms with E-state index in [1.807, 2.05) is 0 Å². The monoisotopic (exact) mass is 427 g/mol. The molecule has 0 aromatic rings. The van der Waals surface area contributed by atoms with Crippen LogP contribution in [0.5, 0.6) is 0 Å². The third-order valence-electron chi connectivity index (χ3n) is 6.89. The van der Waals surface area contributed by atoms with E-state index in [-0.39, 0.29) is 24.8 Å². The second-order valence-corrected chi connectivity index (χ2v) is 8.70. The first-order chi connectivity index (χ1) is 14.7. The molecular weight excluding hydrogens is 390 g/mol. The summed E-state index contributed by atoms with van der Waals surface area (Å²) in [5.41, 5.74) is 0. The van der Waals surface area contributed by atoms with E-state index in [4.69, 9.17) is 9.47 Å². The summed E-state index contributed by atoms with van der Waals surface area (Å²) in [5.74, 6) is 0. The molecule has 0 bridgehead atoms. The van der Waals surface area contributed by atoms with Crippen molar-refractivity contribution in [2.75, 3.05) is 72.2 Å². The zero-order valence-corrected chi connectivity index (χ0v) is 17.7. The van der Waals surface area contributed by atoms with Gasteiger partial charge >= 0.3 is 6.03 Å². The summed E-state index contributed by atoms with van der Waals surface area (Å²) >= 11 is 0. The van der Waals surface area contributed by atoms with Gasteiger partial charge in [-0.15, -0.1) is 0 Å². The van der Waals surface area contributed by atoms with Gasteiger partial charge in [0.15, 0.2) is 0 Å². The number of ether oxygens (including phenoxy) is 2. The number of carbonyl (C=O) groups excluding carboxylic acids is 1. The van der Waals surface area contributed by atoms with E-state index >= 15 is 0 Å². The number of nitrogens with zero attached hydrogens (tertiary/aromatic N) is 3. The summed E-state index contributed by atoms with van der Waals surface area (Å²) in [6, 6.07) is -0.357. The molecule has 5 atom stereocenters. The quantitative estimate of drug-likeness (QED) is 0.408. The maximum absolute atomic E-state index is 12.5. The van der Waals surface area contributed by atoms with Crippen molar-refractivity contribution < 1.29 is 24.5 Å². The first-order valence-electron chi connectivity index (χ1n) is 11.4. The number of piperazine rings is 1. The minimum Gasteiger partial charge on any atom is -0.394 e. The zero-order valence-electron chi connectivity index (χ0n) is 17.7. The Morgan fingerprint density at radius 3 is 2.43 bits per heavy atom. The van der Waals surface area contributed by atoms with Crippen molar-refractivity contribution >= 4 is 6.03 Å². The SMILES string of the molecule is O=C(NC[C@H]1O[C@@H](CO)[C@@H](O)[C@@H]1N1CCN(C2CCCCN2)CC1)N1CCOCC1. The summed E-state index contributed by atoms with van der Waals surface area (Å²) < 4.78 is 11.2. The normalized spacial score (nSPS) is 36.7. The number of hydrogen-bond acceptors (Lipinski definition) is 8. The highest BCUT2D eigenvalue weighted by molar-refractivity contribution is 5.74. The lowest BCUT2D eigenvalue weighted by atomic mass is 10.0. The van der Waals surface area contributed by atoms with Crippen molar-refractivity contribution in [1.29, 1.82) is 0 Å². The molecule has 4 rings (SSSR count). The number of nitrogens with one attached hydrogen (secondary N) is 2. The molecule has 4 aliphatic rings. The predicted molar refractivity (Wildman–Crippen MR) is 110 cm³/mol. The van der Waals surface area contributed by atoms with E-state index in [9.17, 15) is 15.0 Å². The van der Waals surface area contributed by atoms with Gasteiger partial charge in [-0.25, -0.2) is 4.79 Å². The van der Waals surface area contributed by atoms with E-state index in [1.165, 1.54) is 19.3 Å². The van der Waals surface area contributed by atoms with Gasteiger partial charge in [0.1, 0.15) is 12.2 Å². The summed E-state index contributed by atoms with van der Waals surface area (Å²) in [4.78, 5) is 19.0. The molecule has 0 aromatic carbocycles. The summed E-state index contributed by atoms with van der Waals surface area (Å²) in [7, 11) is 0. The molecule has 0 saturated carbocycles. The van der Waals surface area contributed by atoms with Crippen LogP contribution in [-0.4, -0.2) is 134 Å². The smallest absolute Gasteiger partial charge is 0.317 e. The number of aliphatic hydroxyl groups excluding tert-OH is 2. The molecule has 4 N–H and O–H groups in total. The number of rotatable bonds is 5. The average Bonchev–Trinajstić information content (AvgIpc) is 3.14. The third-order valence-corrected chi connectivity index (χ3v) is 6.89. The van der Waals surface area contributed by atoms with E-state index < -0.39 is 12.2 Å². The Labute approximate surface area is 178 Å². The second-order valence-electron chi connectivity index (χ2n) is 8.70. The molecule has 4 saturated heterocycles. The largest absolute Gasteiger partial charge is 0.394 e. The fourth-order valence-electron chi connectivity index (χ4n) is 5.15. The molecule has 0 spiro atoms. The minimum absolute atomic E-state index is 0.129. The van der Waals surface area contributed by atoms with Gasteiger partial charge in [0.2, 0.25) is 0 Å². The molecule has 1 unspecified atom stereocenters. The topological polar surface area (TPSA) is 110 Å². The average molecular weight is 428 g/mol. The zero-order chi connectivity index (χ0) is 20.9. The molecule has 172 valence electrons. The van der Waals surface area contributed by atoms with Gasteiger partial charge in [0.25, 0.3) is 0 Å². The molecule has 0 aromatic heterocycles. The maximum Gasteiger partial charge on any atom is 0.317 e. The van der Waals surface area contributed by atoms with Crippen molar-refractivity contribution in [1.82, 2.24) is 25.3 Å². The minimum atomic E-state index is -0.764. The van der Waals surface area contributed by atoms with Crippen LogP contribution in [0.3, 0.4) is 0 Å². The Morgan fingerprint density at radius 1 is 1.03 bits per heavy atom. The van der Waals surface area contributed by atoms with E-state index in [0.29, 0.717) is 39.0 Å². The molecule has 2 amide bonds. The van der Waals surface area contributed by atoms with Crippen molar-refractivity contribution in [2.45, 2.75) is 49.8 Å². The van der Waals surface area contributed by atoms with Crippen LogP contribution >= 0.6 is 0 Å². The predicted octanol–water partition coefficient (Wildman–Crippen LogP) is -1.77. The van der Waals surface area contributed by atoms with Gasteiger partial charge in [0.05, 0.1) is 38.1 Å². The van der Waals surface area contributed by atoms with Crippen molar-refractivity contribution in [2.24, 2.45) is 0 Å². The maximum atomic E-state index is 12.5. The number of morpholine rings is 1. The highest BCUT2D eigenvalue weighted by Gasteiger charge is 2.47. The lowest BCUT2D eigenvalue weighted by Gasteiger charge is -2.44. The number of urea groups is 1. The fourth-order valence-corrected chi connectivity index (χ4v) is 5.15. The highest BCUT2D eigenvalue weighted by atomic mass is 16.5. The Kier molecular flexibility index (Phi) is 7.79. The number of aliphatic hydroxyl groups is 2. The Morgan fingerprint density at radius 2 is 1.77 bits per heavy atom. The standard InChI is InChI=1S/C20H37N5O5/c26-14-16-19(27)18(15(30-16)13-22-20(28)25-9-11-29-12-10-25)24-7-5-23(6-8-24)17-3-1-2-4-21-17/h15-19,21,26-27H,1-14H2,(H,22,28)/t15-,16+,17?,18-,19-/m1/s1. The lowest BCUT2D eigenvalue weighted by Crippen LogP contribution is -2.61. The van der Waals surface area contributed by atoms with E-state index in [2.05, 4.69) is 20.4 Å². The van der Waals surface area contributed by atoms with Crippen LogP contribution in [0, 0.1) is 0 Å². The van der Waals surface area contributed by atoms with Crippen LogP contribution in [0.15, 0.2) is 0 Å². The Bertz CT molecular complexity index is 550. The van der Waals surface area contributed by atoms with Crippen LogP contribution in [0.2, 0.25) is 0 Å². The van der Waals surface area contributed by atoms with E-state index in [0.717, 1.165) is 32.7 Å². The van der Waals surface area contributed by atoms with Crippen LogP contribution in [0.4, 0.5) is 4.79 Å². The molecule has 4 heterocycles. The molecule has 4 fully saturated rings. The molecule has 0 radical (unpaired) electrons.